The highest BCUT2D eigenvalue weighted by Crippen LogP contribution is 2.38. The molecular formula is C17H26N4O11. The fraction of sp³-hybridized carbons (Fsp3) is 0.647. The first-order chi connectivity index (χ1) is 15.2. The van der Waals surface area contributed by atoms with E-state index in [0.29, 0.717) is 38.2 Å². The molecule has 0 aliphatic heterocycles. The largest absolute Gasteiger partial charge is 0.389 e. The van der Waals surface area contributed by atoms with E-state index in [4.69, 9.17) is 14.2 Å². The van der Waals surface area contributed by atoms with Crippen LogP contribution in [0.5, 0.6) is 0 Å². The van der Waals surface area contributed by atoms with Crippen molar-refractivity contribution in [3.8, 4) is 0 Å². The second kappa shape index (κ2) is 14.2. The minimum Gasteiger partial charge on any atom is -0.389 e. The number of hydrogen-bond acceptors (Lipinski definition) is 12. The third kappa shape index (κ3) is 9.44. The Labute approximate surface area is 182 Å². The van der Waals surface area contributed by atoms with Crippen LogP contribution in [0, 0.1) is 30.3 Å². The summed E-state index contributed by atoms with van der Waals surface area (Å²) in [5.41, 5.74) is -3.04. The molecule has 0 spiro atoms. The standard InChI is InChI=1S/C17H26N4O11/c1-30-9-14(23)11-32-5-3-2-4-31-10-13(22)8-18-17-15(20(26)27)6-12(19(24)25)7-16(17)21(28)29/h6-7,13-14,18,22-23H,2-5,8-11H2,1H3. The number of methoxy groups -OCH3 is 1. The van der Waals surface area contributed by atoms with Gasteiger partial charge in [-0.1, -0.05) is 0 Å². The summed E-state index contributed by atoms with van der Waals surface area (Å²) >= 11 is 0. The van der Waals surface area contributed by atoms with E-state index >= 15 is 0 Å². The predicted molar refractivity (Wildman–Crippen MR) is 110 cm³/mol. The van der Waals surface area contributed by atoms with E-state index in [1.54, 1.807) is 0 Å². The van der Waals surface area contributed by atoms with Gasteiger partial charge in [0.25, 0.3) is 5.69 Å². The second-order valence-electron chi connectivity index (χ2n) is 6.63. The maximum absolute atomic E-state index is 11.2. The number of aliphatic hydroxyl groups is 2. The van der Waals surface area contributed by atoms with Gasteiger partial charge in [0.2, 0.25) is 0 Å². The van der Waals surface area contributed by atoms with Gasteiger partial charge in [0.05, 0.1) is 52.8 Å². The molecule has 2 atom stereocenters. The number of aliphatic hydroxyl groups excluding tert-OH is 2. The van der Waals surface area contributed by atoms with Gasteiger partial charge in [-0.05, 0) is 12.8 Å². The van der Waals surface area contributed by atoms with Crippen LogP contribution < -0.4 is 5.32 Å². The molecule has 0 aliphatic rings. The number of nitrogens with one attached hydrogen (secondary N) is 1. The summed E-state index contributed by atoms with van der Waals surface area (Å²) in [7, 11) is 1.47. The fourth-order valence-corrected chi connectivity index (χ4v) is 2.54. The molecule has 15 nitrogen and oxygen atoms in total. The first-order valence-corrected chi connectivity index (χ1v) is 9.53. The summed E-state index contributed by atoms with van der Waals surface area (Å²) in [6, 6.07) is 1.21. The zero-order chi connectivity index (χ0) is 24.1. The van der Waals surface area contributed by atoms with Crippen LogP contribution in [0.25, 0.3) is 0 Å². The first kappa shape index (κ1) is 27.1. The van der Waals surface area contributed by atoms with E-state index in [0.717, 1.165) is 0 Å². The molecule has 0 radical (unpaired) electrons. The number of ether oxygens (including phenoxy) is 3. The van der Waals surface area contributed by atoms with Crippen LogP contribution in [0.1, 0.15) is 12.8 Å². The summed E-state index contributed by atoms with van der Waals surface area (Å²) in [4.78, 5) is 30.3. The lowest BCUT2D eigenvalue weighted by atomic mass is 10.2. The molecule has 1 aromatic rings. The van der Waals surface area contributed by atoms with Crippen LogP contribution in [-0.4, -0.2) is 83.9 Å². The topological polar surface area (TPSA) is 210 Å². The summed E-state index contributed by atoms with van der Waals surface area (Å²) in [5.74, 6) is 0. The van der Waals surface area contributed by atoms with Crippen LogP contribution in [-0.2, 0) is 14.2 Å². The predicted octanol–water partition coefficient (Wildman–Crippen LogP) is 1.00. The number of hydrogen-bond donors (Lipinski definition) is 3. The molecule has 0 saturated carbocycles. The summed E-state index contributed by atoms with van der Waals surface area (Å²) < 4.78 is 15.3. The van der Waals surface area contributed by atoms with Gasteiger partial charge in [-0.25, -0.2) is 0 Å². The molecule has 0 aromatic heterocycles. The van der Waals surface area contributed by atoms with E-state index in [2.05, 4.69) is 5.32 Å². The van der Waals surface area contributed by atoms with Crippen molar-refractivity contribution < 1.29 is 39.2 Å². The highest BCUT2D eigenvalue weighted by Gasteiger charge is 2.30. The summed E-state index contributed by atoms with van der Waals surface area (Å²) in [6.07, 6.45) is -0.583. The Bertz CT molecular complexity index is 742. The van der Waals surface area contributed by atoms with Gasteiger partial charge in [-0.15, -0.1) is 0 Å². The molecule has 2 unspecified atom stereocenters. The van der Waals surface area contributed by atoms with Gasteiger partial charge >= 0.3 is 11.4 Å². The van der Waals surface area contributed by atoms with Gasteiger partial charge in [-0.2, -0.15) is 0 Å². The Balaban J connectivity index is 2.47. The van der Waals surface area contributed by atoms with Crippen LogP contribution in [0.15, 0.2) is 12.1 Å². The van der Waals surface area contributed by atoms with Crippen LogP contribution in [0.2, 0.25) is 0 Å². The van der Waals surface area contributed by atoms with Crippen molar-refractivity contribution in [3.05, 3.63) is 42.5 Å². The van der Waals surface area contributed by atoms with Gasteiger partial charge in [0.1, 0.15) is 6.10 Å². The number of nitro groups is 3. The summed E-state index contributed by atoms with van der Waals surface area (Å²) in [5, 5.41) is 55.1. The minimum absolute atomic E-state index is 0.144. The minimum atomic E-state index is -1.15. The maximum atomic E-state index is 11.2. The van der Waals surface area contributed by atoms with Gasteiger partial charge in [0.15, 0.2) is 5.69 Å². The molecular weight excluding hydrogens is 436 g/mol. The molecule has 15 heteroatoms. The molecule has 1 aromatic carbocycles. The van der Waals surface area contributed by atoms with Crippen molar-refractivity contribution in [1.29, 1.82) is 0 Å². The lowest BCUT2D eigenvalue weighted by Crippen LogP contribution is -2.25. The second-order valence-corrected chi connectivity index (χ2v) is 6.63. The number of nitro benzene ring substituents is 3. The number of anilines is 1. The van der Waals surface area contributed by atoms with Gasteiger partial charge in [-0.3, -0.25) is 30.3 Å². The highest BCUT2D eigenvalue weighted by molar-refractivity contribution is 5.77. The fourth-order valence-electron chi connectivity index (χ4n) is 2.54. The Morgan fingerprint density at radius 3 is 1.81 bits per heavy atom. The number of rotatable bonds is 17. The lowest BCUT2D eigenvalue weighted by molar-refractivity contribution is -0.401. The van der Waals surface area contributed by atoms with Gasteiger partial charge in [0, 0.05) is 26.9 Å². The van der Waals surface area contributed by atoms with Crippen LogP contribution >= 0.6 is 0 Å². The SMILES string of the molecule is COCC(O)COCCCCOCC(O)CNc1c([N+](=O)[O-])cc([N+](=O)[O-])cc1[N+](=O)[O-]. The lowest BCUT2D eigenvalue weighted by Gasteiger charge is -2.14. The number of non-ortho nitro benzene ring substituents is 1. The average Bonchev–Trinajstić information content (AvgIpc) is 2.73. The van der Waals surface area contributed by atoms with Crippen LogP contribution in [0.3, 0.4) is 0 Å². The molecule has 180 valence electrons. The van der Waals surface area contributed by atoms with E-state index in [1.807, 2.05) is 0 Å². The molecule has 1 rings (SSSR count). The van der Waals surface area contributed by atoms with Gasteiger partial charge < -0.3 is 29.7 Å². The molecule has 0 aliphatic carbocycles. The maximum Gasteiger partial charge on any atom is 0.306 e. The molecule has 0 bridgehead atoms. The van der Waals surface area contributed by atoms with E-state index in [1.165, 1.54) is 7.11 Å². The quantitative estimate of drug-likeness (QED) is 0.168. The molecule has 0 amide bonds. The third-order valence-electron chi connectivity index (χ3n) is 4.01. The Morgan fingerprint density at radius 1 is 0.875 bits per heavy atom. The number of nitrogens with zero attached hydrogens (tertiary/aromatic N) is 3. The van der Waals surface area contributed by atoms with E-state index in [-0.39, 0.29) is 26.4 Å². The average molecular weight is 462 g/mol. The Kier molecular flexibility index (Phi) is 12.0. The van der Waals surface area contributed by atoms with Crippen molar-refractivity contribution in [2.75, 3.05) is 52.0 Å². The van der Waals surface area contributed by atoms with E-state index < -0.39 is 49.7 Å². The van der Waals surface area contributed by atoms with Crippen LogP contribution in [0.4, 0.5) is 22.7 Å². The number of benzene rings is 1. The molecule has 32 heavy (non-hydrogen) atoms. The molecule has 0 fully saturated rings. The smallest absolute Gasteiger partial charge is 0.306 e. The Morgan fingerprint density at radius 2 is 1.38 bits per heavy atom. The van der Waals surface area contributed by atoms with Crippen molar-refractivity contribution >= 4 is 22.7 Å². The Hall–Kier alpha value is -2.98. The number of unbranched alkanes of at least 4 members (excludes halogenated alkanes) is 1. The zero-order valence-corrected chi connectivity index (χ0v) is 17.4. The first-order valence-electron chi connectivity index (χ1n) is 9.53. The van der Waals surface area contributed by atoms with E-state index in [9.17, 15) is 40.6 Å². The molecule has 3 N–H and O–H groups in total. The molecule has 0 heterocycles. The third-order valence-corrected chi connectivity index (χ3v) is 4.01. The summed E-state index contributed by atoms with van der Waals surface area (Å²) in [6.45, 7) is 0.566. The normalized spacial score (nSPS) is 12.8. The highest BCUT2D eigenvalue weighted by atomic mass is 16.6. The monoisotopic (exact) mass is 462 g/mol. The van der Waals surface area contributed by atoms with Crippen molar-refractivity contribution in [2.24, 2.45) is 0 Å². The van der Waals surface area contributed by atoms with Crippen molar-refractivity contribution in [2.45, 2.75) is 25.0 Å². The van der Waals surface area contributed by atoms with Crippen molar-refractivity contribution in [1.82, 2.24) is 0 Å². The van der Waals surface area contributed by atoms with Crippen molar-refractivity contribution in [3.63, 3.8) is 0 Å². The zero-order valence-electron chi connectivity index (χ0n) is 17.4. The molecule has 0 saturated heterocycles.